The molecule has 2 heterocycles. The molecule has 0 aliphatic heterocycles. The number of carbonyl (C=O) groups is 1. The predicted octanol–water partition coefficient (Wildman–Crippen LogP) is 1.49. The first-order chi connectivity index (χ1) is 9.82. The minimum absolute atomic E-state index is 0.0648. The van der Waals surface area contributed by atoms with E-state index in [9.17, 15) is 4.79 Å². The minimum Gasteiger partial charge on any atom is -0.507 e. The Morgan fingerprint density at radius 2 is 1.81 bits per heavy atom. The van der Waals surface area contributed by atoms with E-state index in [2.05, 4.69) is 36.9 Å². The molecule has 0 fully saturated rings. The summed E-state index contributed by atoms with van der Waals surface area (Å²) in [4.78, 5) is 18.1. The van der Waals surface area contributed by atoms with Crippen LogP contribution in [0.5, 0.6) is 0 Å². The normalized spacial score (nSPS) is 13.0. The number of aliphatic hydroxyl groups is 1. The third-order valence-corrected chi connectivity index (χ3v) is 2.50. The van der Waals surface area contributed by atoms with Crippen molar-refractivity contribution in [1.29, 1.82) is 0 Å². The van der Waals surface area contributed by atoms with E-state index in [4.69, 9.17) is 5.11 Å². The molecular weight excluding hydrogens is 272 g/mol. The quantitative estimate of drug-likeness (QED) is 0.632. The highest BCUT2D eigenvalue weighted by atomic mass is 16.3. The average Bonchev–Trinajstić information content (AvgIpc) is 3.09. The van der Waals surface area contributed by atoms with Crippen LogP contribution in [0.25, 0.3) is 0 Å². The van der Waals surface area contributed by atoms with Gasteiger partial charge in [0.1, 0.15) is 29.6 Å². The molecule has 3 N–H and O–H groups in total. The van der Waals surface area contributed by atoms with Gasteiger partial charge in [0.2, 0.25) is 0 Å². The molecule has 0 aromatic carbocycles. The molecule has 8 nitrogen and oxygen atoms in total. The fraction of sp³-hybridized carbons (Fsp3) is 0.308. The standard InChI is InChI=1S/C6H6O2.C4H7N3.C3H5N3/c1-3-5(7)4(2)6(3)8;1-3-5-4(2)7-6-3;1-3-4-2-5-6-3/h7H,1H2,2H3;1-2H3,(H,5,6,7);2H,1H3,(H,4,5,6). The van der Waals surface area contributed by atoms with Crippen LogP contribution in [0.15, 0.2) is 29.8 Å². The highest BCUT2D eigenvalue weighted by molar-refractivity contribution is 6.18. The lowest BCUT2D eigenvalue weighted by molar-refractivity contribution is -0.113. The zero-order valence-electron chi connectivity index (χ0n) is 12.4. The first-order valence-corrected chi connectivity index (χ1v) is 6.14. The molecule has 0 radical (unpaired) electrons. The number of aliphatic hydroxyl groups excluding tert-OH is 1. The van der Waals surface area contributed by atoms with E-state index in [-0.39, 0.29) is 17.1 Å². The van der Waals surface area contributed by atoms with Crippen LogP contribution in [0.1, 0.15) is 24.4 Å². The lowest BCUT2D eigenvalue weighted by atomic mass is 9.91. The summed E-state index contributed by atoms with van der Waals surface area (Å²) in [6, 6.07) is 0. The highest BCUT2D eigenvalue weighted by Gasteiger charge is 2.27. The number of hydrogen-bond acceptors (Lipinski definition) is 6. The van der Waals surface area contributed by atoms with Crippen LogP contribution in [0, 0.1) is 20.8 Å². The highest BCUT2D eigenvalue weighted by Crippen LogP contribution is 2.24. The van der Waals surface area contributed by atoms with Gasteiger partial charge in [-0.15, -0.1) is 0 Å². The van der Waals surface area contributed by atoms with Gasteiger partial charge in [0.15, 0.2) is 5.78 Å². The molecule has 0 amide bonds. The largest absolute Gasteiger partial charge is 0.507 e. The molecular formula is C13H18N6O2. The summed E-state index contributed by atoms with van der Waals surface area (Å²) >= 11 is 0. The van der Waals surface area contributed by atoms with Crippen LogP contribution in [0.3, 0.4) is 0 Å². The molecule has 0 atom stereocenters. The number of hydrogen-bond donors (Lipinski definition) is 3. The number of aromatic nitrogens is 6. The van der Waals surface area contributed by atoms with Crippen LogP contribution >= 0.6 is 0 Å². The smallest absolute Gasteiger partial charge is 0.195 e. The molecule has 3 rings (SSSR count). The van der Waals surface area contributed by atoms with Crippen LogP contribution in [-0.4, -0.2) is 41.3 Å². The molecule has 21 heavy (non-hydrogen) atoms. The summed E-state index contributed by atoms with van der Waals surface area (Å²) in [5.74, 6) is 2.47. The molecule has 112 valence electrons. The predicted molar refractivity (Wildman–Crippen MR) is 76.5 cm³/mol. The summed E-state index contributed by atoms with van der Waals surface area (Å²) in [7, 11) is 0. The number of Topliss-reactive ketones (excluding diaryl/α,β-unsaturated/α-hetero) is 1. The number of ketones is 1. The van der Waals surface area contributed by atoms with E-state index in [1.165, 1.54) is 6.33 Å². The monoisotopic (exact) mass is 290 g/mol. The maximum atomic E-state index is 10.5. The Morgan fingerprint density at radius 1 is 1.14 bits per heavy atom. The molecule has 2 aromatic heterocycles. The van der Waals surface area contributed by atoms with E-state index >= 15 is 0 Å². The van der Waals surface area contributed by atoms with Crippen molar-refractivity contribution in [3.63, 3.8) is 0 Å². The van der Waals surface area contributed by atoms with Crippen molar-refractivity contribution in [3.8, 4) is 0 Å². The Hall–Kier alpha value is -2.77. The fourth-order valence-electron chi connectivity index (χ4n) is 1.33. The zero-order chi connectivity index (χ0) is 16.0. The lowest BCUT2D eigenvalue weighted by Crippen LogP contribution is -2.18. The third kappa shape index (κ3) is 4.68. The number of rotatable bonds is 0. The van der Waals surface area contributed by atoms with Gasteiger partial charge in [-0.3, -0.25) is 15.0 Å². The summed E-state index contributed by atoms with van der Waals surface area (Å²) < 4.78 is 0. The number of allylic oxidation sites excluding steroid dienone is 2. The number of nitrogens with one attached hydrogen (secondary N) is 2. The Morgan fingerprint density at radius 3 is 1.95 bits per heavy atom. The topological polar surface area (TPSA) is 120 Å². The molecule has 1 aliphatic carbocycles. The van der Waals surface area contributed by atoms with Gasteiger partial charge in [-0.25, -0.2) is 9.97 Å². The number of aromatic amines is 2. The average molecular weight is 290 g/mol. The van der Waals surface area contributed by atoms with Crippen molar-refractivity contribution >= 4 is 5.78 Å². The second-order valence-corrected chi connectivity index (χ2v) is 4.32. The van der Waals surface area contributed by atoms with Gasteiger partial charge in [0.05, 0.1) is 5.57 Å². The van der Waals surface area contributed by atoms with Gasteiger partial charge in [-0.1, -0.05) is 6.58 Å². The minimum atomic E-state index is -0.123. The van der Waals surface area contributed by atoms with E-state index in [1.807, 2.05) is 20.8 Å². The zero-order valence-corrected chi connectivity index (χ0v) is 12.4. The van der Waals surface area contributed by atoms with Gasteiger partial charge in [-0.05, 0) is 27.7 Å². The first kappa shape index (κ1) is 16.3. The third-order valence-electron chi connectivity index (χ3n) is 2.50. The summed E-state index contributed by atoms with van der Waals surface area (Å²) in [5, 5.41) is 21.4. The Kier molecular flexibility index (Phi) is 5.53. The summed E-state index contributed by atoms with van der Waals surface area (Å²) in [6.07, 6.45) is 1.48. The number of carbonyl (C=O) groups excluding carboxylic acids is 1. The van der Waals surface area contributed by atoms with Gasteiger partial charge >= 0.3 is 0 Å². The van der Waals surface area contributed by atoms with Crippen LogP contribution in [0.4, 0.5) is 0 Å². The van der Waals surface area contributed by atoms with E-state index in [0.717, 1.165) is 17.5 Å². The molecule has 8 heteroatoms. The van der Waals surface area contributed by atoms with Crippen molar-refractivity contribution in [3.05, 3.63) is 47.3 Å². The Bertz CT molecular complexity index is 616. The molecule has 0 saturated heterocycles. The summed E-state index contributed by atoms with van der Waals surface area (Å²) in [5.41, 5.74) is 0.664. The maximum Gasteiger partial charge on any atom is 0.195 e. The second kappa shape index (κ2) is 7.13. The van der Waals surface area contributed by atoms with Gasteiger partial charge in [0, 0.05) is 5.57 Å². The molecule has 0 bridgehead atoms. The van der Waals surface area contributed by atoms with Crippen LogP contribution in [0.2, 0.25) is 0 Å². The van der Waals surface area contributed by atoms with Crippen molar-refractivity contribution in [2.24, 2.45) is 0 Å². The molecule has 1 aliphatic rings. The van der Waals surface area contributed by atoms with Crippen LogP contribution < -0.4 is 0 Å². The van der Waals surface area contributed by atoms with Gasteiger partial charge in [0.25, 0.3) is 0 Å². The number of nitrogens with zero attached hydrogens (tertiary/aromatic N) is 4. The second-order valence-electron chi connectivity index (χ2n) is 4.32. The van der Waals surface area contributed by atoms with Crippen molar-refractivity contribution in [1.82, 2.24) is 30.4 Å². The first-order valence-electron chi connectivity index (χ1n) is 6.14. The Labute approximate surface area is 122 Å². The van der Waals surface area contributed by atoms with E-state index < -0.39 is 0 Å². The van der Waals surface area contributed by atoms with E-state index in [1.54, 1.807) is 6.92 Å². The maximum absolute atomic E-state index is 10.5. The van der Waals surface area contributed by atoms with E-state index in [0.29, 0.717) is 5.57 Å². The molecule has 2 aromatic rings. The van der Waals surface area contributed by atoms with Crippen LogP contribution in [-0.2, 0) is 4.79 Å². The molecule has 0 unspecified atom stereocenters. The van der Waals surface area contributed by atoms with Crippen molar-refractivity contribution in [2.45, 2.75) is 27.7 Å². The molecule has 0 saturated carbocycles. The number of aryl methyl sites for hydroxylation is 3. The van der Waals surface area contributed by atoms with Gasteiger partial charge in [-0.2, -0.15) is 10.2 Å². The SMILES string of the molecule is C=C1C(=O)C(C)=C1O.Cc1n[nH]c(C)n1.Cc1ncn[nH]1. The fourth-order valence-corrected chi connectivity index (χ4v) is 1.33. The Balaban J connectivity index is 0.000000159. The van der Waals surface area contributed by atoms with Crippen molar-refractivity contribution in [2.75, 3.05) is 0 Å². The summed E-state index contributed by atoms with van der Waals surface area (Å²) in [6.45, 7) is 10.5. The lowest BCUT2D eigenvalue weighted by Gasteiger charge is -2.15. The number of H-pyrrole nitrogens is 2. The van der Waals surface area contributed by atoms with Crippen molar-refractivity contribution < 1.29 is 9.90 Å². The van der Waals surface area contributed by atoms with Gasteiger partial charge < -0.3 is 5.11 Å². The molecule has 0 spiro atoms.